The highest BCUT2D eigenvalue weighted by molar-refractivity contribution is 7.99. The highest BCUT2D eigenvalue weighted by Gasteiger charge is 2.13. The zero-order valence-corrected chi connectivity index (χ0v) is 19.1. The van der Waals surface area contributed by atoms with Crippen LogP contribution in [0.2, 0.25) is 0 Å². The molecule has 1 amide bonds. The predicted molar refractivity (Wildman–Crippen MR) is 125 cm³/mol. The Hall–Kier alpha value is -2.77. The summed E-state index contributed by atoms with van der Waals surface area (Å²) in [7, 11) is -3.24. The maximum Gasteiger partial charge on any atom is 0.251 e. The third-order valence-electron chi connectivity index (χ3n) is 4.64. The van der Waals surface area contributed by atoms with Crippen molar-refractivity contribution in [3.05, 3.63) is 90.0 Å². The van der Waals surface area contributed by atoms with Gasteiger partial charge in [-0.15, -0.1) is 11.8 Å². The van der Waals surface area contributed by atoms with E-state index in [4.69, 9.17) is 4.74 Å². The maximum absolute atomic E-state index is 12.5. The smallest absolute Gasteiger partial charge is 0.251 e. The van der Waals surface area contributed by atoms with Gasteiger partial charge < -0.3 is 10.1 Å². The van der Waals surface area contributed by atoms with E-state index in [1.165, 1.54) is 11.2 Å². The molecule has 3 aromatic carbocycles. The lowest BCUT2D eigenvalue weighted by Gasteiger charge is -2.15. The number of hydrogen-bond donors (Lipinski definition) is 1. The van der Waals surface area contributed by atoms with Gasteiger partial charge in [-0.05, 0) is 61.0 Å². The van der Waals surface area contributed by atoms with E-state index in [-0.39, 0.29) is 16.8 Å². The number of benzene rings is 3. The van der Waals surface area contributed by atoms with E-state index in [2.05, 4.69) is 17.4 Å². The Morgan fingerprint density at radius 1 is 0.968 bits per heavy atom. The fourth-order valence-corrected chi connectivity index (χ4v) is 4.29. The monoisotopic (exact) mass is 455 g/mol. The van der Waals surface area contributed by atoms with Crippen LogP contribution in [0.4, 0.5) is 0 Å². The van der Waals surface area contributed by atoms with E-state index in [1.807, 2.05) is 25.1 Å². The van der Waals surface area contributed by atoms with Crippen molar-refractivity contribution in [3.63, 3.8) is 0 Å². The third-order valence-corrected chi connectivity index (χ3v) is 6.74. The van der Waals surface area contributed by atoms with Crippen LogP contribution in [-0.4, -0.2) is 32.9 Å². The molecule has 0 aliphatic heterocycles. The molecule has 0 heterocycles. The summed E-state index contributed by atoms with van der Waals surface area (Å²) >= 11 is 1.73. The van der Waals surface area contributed by atoms with Crippen molar-refractivity contribution in [3.8, 4) is 5.75 Å². The molecule has 0 saturated carbocycles. The Morgan fingerprint density at radius 3 is 2.23 bits per heavy atom. The highest BCUT2D eigenvalue weighted by Crippen LogP contribution is 2.19. The van der Waals surface area contributed by atoms with Gasteiger partial charge in [0.15, 0.2) is 9.84 Å². The van der Waals surface area contributed by atoms with Crippen molar-refractivity contribution in [2.24, 2.45) is 0 Å². The first kappa shape index (κ1) is 22.9. The molecule has 0 saturated heterocycles. The molecule has 3 rings (SSSR count). The Bertz CT molecular complexity index is 1100. The molecule has 0 aliphatic rings. The number of nitrogens with one attached hydrogen (secondary N) is 1. The van der Waals surface area contributed by atoms with Crippen molar-refractivity contribution < 1.29 is 17.9 Å². The summed E-state index contributed by atoms with van der Waals surface area (Å²) in [5.41, 5.74) is 1.36. The van der Waals surface area contributed by atoms with Gasteiger partial charge in [0.1, 0.15) is 5.75 Å². The minimum Gasteiger partial charge on any atom is -0.493 e. The number of sulfone groups is 1. The predicted octanol–water partition coefficient (Wildman–Crippen LogP) is 4.75. The molecule has 31 heavy (non-hydrogen) atoms. The van der Waals surface area contributed by atoms with Crippen LogP contribution in [0, 0.1) is 0 Å². The molecule has 0 fully saturated rings. The third kappa shape index (κ3) is 6.87. The van der Waals surface area contributed by atoms with Crippen LogP contribution in [0.25, 0.3) is 0 Å². The molecule has 7 heteroatoms. The van der Waals surface area contributed by atoms with Crippen LogP contribution in [-0.2, 0) is 9.84 Å². The largest absolute Gasteiger partial charge is 0.493 e. The van der Waals surface area contributed by atoms with E-state index in [1.54, 1.807) is 60.3 Å². The molecule has 3 aromatic rings. The number of carbonyl (C=O) groups is 1. The van der Waals surface area contributed by atoms with Gasteiger partial charge in [-0.2, -0.15) is 0 Å². The van der Waals surface area contributed by atoms with Gasteiger partial charge >= 0.3 is 0 Å². The van der Waals surface area contributed by atoms with Crippen molar-refractivity contribution in [1.29, 1.82) is 0 Å². The van der Waals surface area contributed by atoms with E-state index in [0.29, 0.717) is 12.2 Å². The number of amides is 1. The van der Waals surface area contributed by atoms with E-state index >= 15 is 0 Å². The first-order valence-electron chi connectivity index (χ1n) is 9.84. The van der Waals surface area contributed by atoms with E-state index in [0.717, 1.165) is 17.1 Å². The van der Waals surface area contributed by atoms with Gasteiger partial charge in [-0.1, -0.05) is 30.3 Å². The highest BCUT2D eigenvalue weighted by atomic mass is 32.2. The summed E-state index contributed by atoms with van der Waals surface area (Å²) in [4.78, 5) is 14.0. The quantitative estimate of drug-likeness (QED) is 0.372. The van der Waals surface area contributed by atoms with Gasteiger partial charge in [-0.3, -0.25) is 4.79 Å². The number of ether oxygens (including phenoxy) is 1. The lowest BCUT2D eigenvalue weighted by Crippen LogP contribution is -2.26. The molecular formula is C24H25NO4S2. The molecule has 0 bridgehead atoms. The van der Waals surface area contributed by atoms with Crippen molar-refractivity contribution in [2.75, 3.05) is 18.6 Å². The second-order valence-corrected chi connectivity index (χ2v) is 10.3. The van der Waals surface area contributed by atoms with Gasteiger partial charge in [0.2, 0.25) is 0 Å². The van der Waals surface area contributed by atoms with Gasteiger partial charge in [0.05, 0.1) is 17.5 Å². The zero-order chi connectivity index (χ0) is 22.3. The Balaban J connectivity index is 1.49. The molecule has 162 valence electrons. The lowest BCUT2D eigenvalue weighted by atomic mass is 10.1. The SMILES string of the molecule is C[C@H](NC(=O)c1ccc(OCCSc2ccccc2)cc1)c1ccc(S(C)(=O)=O)cc1. The van der Waals surface area contributed by atoms with Crippen LogP contribution in [0.15, 0.2) is 88.7 Å². The molecule has 0 unspecified atom stereocenters. The number of carbonyl (C=O) groups excluding carboxylic acids is 1. The average Bonchev–Trinajstić information content (AvgIpc) is 2.77. The Labute approximate surface area is 187 Å². The minimum atomic E-state index is -3.24. The van der Waals surface area contributed by atoms with E-state index < -0.39 is 9.84 Å². The van der Waals surface area contributed by atoms with Crippen LogP contribution in [0.1, 0.15) is 28.9 Å². The van der Waals surface area contributed by atoms with E-state index in [9.17, 15) is 13.2 Å². The van der Waals surface area contributed by atoms with Crippen molar-refractivity contribution in [2.45, 2.75) is 22.8 Å². The lowest BCUT2D eigenvalue weighted by molar-refractivity contribution is 0.0940. The summed E-state index contributed by atoms with van der Waals surface area (Å²) in [6.07, 6.45) is 1.17. The topological polar surface area (TPSA) is 72.5 Å². The molecule has 0 aromatic heterocycles. The van der Waals surface area contributed by atoms with Gasteiger partial charge in [0, 0.05) is 22.5 Å². The number of rotatable bonds is 9. The number of hydrogen-bond acceptors (Lipinski definition) is 5. The van der Waals surface area contributed by atoms with Crippen LogP contribution in [0.5, 0.6) is 5.75 Å². The molecule has 1 N–H and O–H groups in total. The summed E-state index contributed by atoms with van der Waals surface area (Å²) in [5.74, 6) is 1.35. The van der Waals surface area contributed by atoms with Crippen molar-refractivity contribution in [1.82, 2.24) is 5.32 Å². The van der Waals surface area contributed by atoms with Crippen LogP contribution < -0.4 is 10.1 Å². The standard InChI is InChI=1S/C24H25NO4S2/c1-18(19-10-14-23(15-11-19)31(2,27)28)25-24(26)20-8-12-21(13-9-20)29-16-17-30-22-6-4-3-5-7-22/h3-15,18H,16-17H2,1-2H3,(H,25,26)/t18-/m0/s1. The minimum absolute atomic E-state index is 0.203. The first-order valence-corrected chi connectivity index (χ1v) is 12.7. The van der Waals surface area contributed by atoms with Gasteiger partial charge in [-0.25, -0.2) is 8.42 Å². The second-order valence-electron chi connectivity index (χ2n) is 7.07. The maximum atomic E-state index is 12.5. The molecule has 1 atom stereocenters. The molecule has 0 aliphatic carbocycles. The summed E-state index contributed by atoms with van der Waals surface area (Å²) < 4.78 is 28.9. The average molecular weight is 456 g/mol. The Morgan fingerprint density at radius 2 is 1.61 bits per heavy atom. The first-order chi connectivity index (χ1) is 14.8. The second kappa shape index (κ2) is 10.5. The molecule has 0 radical (unpaired) electrons. The Kier molecular flexibility index (Phi) is 7.76. The molecule has 0 spiro atoms. The number of thioether (sulfide) groups is 1. The fourth-order valence-electron chi connectivity index (χ4n) is 2.91. The van der Waals surface area contributed by atoms with Gasteiger partial charge in [0.25, 0.3) is 5.91 Å². The summed E-state index contributed by atoms with van der Waals surface area (Å²) in [6, 6.07) is 23.5. The summed E-state index contributed by atoms with van der Waals surface area (Å²) in [6.45, 7) is 2.43. The van der Waals surface area contributed by atoms with Crippen molar-refractivity contribution >= 4 is 27.5 Å². The molecule has 5 nitrogen and oxygen atoms in total. The van der Waals surface area contributed by atoms with Crippen LogP contribution >= 0.6 is 11.8 Å². The summed E-state index contributed by atoms with van der Waals surface area (Å²) in [5, 5.41) is 2.93. The fraction of sp³-hybridized carbons (Fsp3) is 0.208. The molecular weight excluding hydrogens is 430 g/mol. The van der Waals surface area contributed by atoms with Crippen LogP contribution in [0.3, 0.4) is 0 Å². The normalized spacial score (nSPS) is 12.2. The zero-order valence-electron chi connectivity index (χ0n) is 17.4.